The van der Waals surface area contributed by atoms with Gasteiger partial charge in [-0.3, -0.25) is 4.79 Å². The molecular formula is C19H29N5O2. The summed E-state index contributed by atoms with van der Waals surface area (Å²) in [4.78, 5) is 22.4. The van der Waals surface area contributed by atoms with Crippen molar-refractivity contribution < 1.29 is 9.53 Å². The number of guanidine groups is 1. The highest BCUT2D eigenvalue weighted by Crippen LogP contribution is 2.28. The second-order valence-corrected chi connectivity index (χ2v) is 6.24. The van der Waals surface area contributed by atoms with Crippen molar-refractivity contribution in [2.75, 3.05) is 65.4 Å². The Hall–Kier alpha value is -2.70. The van der Waals surface area contributed by atoms with Crippen LogP contribution in [-0.4, -0.2) is 82.1 Å². The van der Waals surface area contributed by atoms with Crippen LogP contribution in [0.5, 0.6) is 5.75 Å². The molecule has 1 N–H and O–H groups in total. The fourth-order valence-electron chi connectivity index (χ4n) is 2.77. The summed E-state index contributed by atoms with van der Waals surface area (Å²) in [5, 5.41) is 3.25. The molecule has 7 heteroatoms. The summed E-state index contributed by atoms with van der Waals surface area (Å²) < 4.78 is 5.47. The second-order valence-electron chi connectivity index (χ2n) is 6.24. The molecule has 1 aliphatic heterocycles. The minimum atomic E-state index is -0.0180. The van der Waals surface area contributed by atoms with Gasteiger partial charge in [0.1, 0.15) is 12.3 Å². The Labute approximate surface area is 155 Å². The van der Waals surface area contributed by atoms with Crippen LogP contribution in [-0.2, 0) is 4.79 Å². The van der Waals surface area contributed by atoms with Crippen LogP contribution in [0.2, 0.25) is 0 Å². The molecule has 1 heterocycles. The predicted molar refractivity (Wildman–Crippen MR) is 106 cm³/mol. The van der Waals surface area contributed by atoms with E-state index in [1.807, 2.05) is 18.2 Å². The van der Waals surface area contributed by atoms with Crippen molar-refractivity contribution in [1.82, 2.24) is 15.1 Å². The molecule has 7 nitrogen and oxygen atoms in total. The zero-order valence-electron chi connectivity index (χ0n) is 15.9. The SMILES string of the molecule is C=CCNC(=NCC(=O)N(C)C)N1CCN(c2ccccc2OC)CC1. The standard InChI is InChI=1S/C19H29N5O2/c1-5-10-20-19(21-15-18(25)22(2)3)24-13-11-23(12-14-24)16-8-6-7-9-17(16)26-4/h5-9H,1,10-15H2,2-4H3,(H,20,21). The van der Waals surface area contributed by atoms with Crippen LogP contribution in [0.15, 0.2) is 41.9 Å². The van der Waals surface area contributed by atoms with Crippen LogP contribution in [0.3, 0.4) is 0 Å². The van der Waals surface area contributed by atoms with Gasteiger partial charge in [0.05, 0.1) is 12.8 Å². The Balaban J connectivity index is 2.02. The van der Waals surface area contributed by atoms with Crippen molar-refractivity contribution in [1.29, 1.82) is 0 Å². The van der Waals surface area contributed by atoms with E-state index in [2.05, 4.69) is 32.8 Å². The Kier molecular flexibility index (Phi) is 7.32. The Morgan fingerprint density at radius 3 is 2.62 bits per heavy atom. The zero-order valence-corrected chi connectivity index (χ0v) is 15.9. The van der Waals surface area contributed by atoms with E-state index in [-0.39, 0.29) is 12.5 Å². The first-order chi connectivity index (χ1) is 12.6. The molecule has 0 radical (unpaired) electrons. The molecule has 0 saturated carbocycles. The highest BCUT2D eigenvalue weighted by Gasteiger charge is 2.21. The summed E-state index contributed by atoms with van der Waals surface area (Å²) in [5.74, 6) is 1.62. The number of aliphatic imine (C=N–C) groups is 1. The highest BCUT2D eigenvalue weighted by atomic mass is 16.5. The van der Waals surface area contributed by atoms with Crippen molar-refractivity contribution >= 4 is 17.6 Å². The molecule has 0 aromatic heterocycles. The van der Waals surface area contributed by atoms with Gasteiger partial charge in [-0.1, -0.05) is 18.2 Å². The quantitative estimate of drug-likeness (QED) is 0.467. The van der Waals surface area contributed by atoms with Gasteiger partial charge < -0.3 is 24.8 Å². The number of methoxy groups -OCH3 is 1. The van der Waals surface area contributed by atoms with Crippen LogP contribution in [0.4, 0.5) is 5.69 Å². The van der Waals surface area contributed by atoms with E-state index in [1.54, 1.807) is 32.2 Å². The first kappa shape index (κ1) is 19.6. The highest BCUT2D eigenvalue weighted by molar-refractivity contribution is 5.85. The number of rotatable bonds is 6. The van der Waals surface area contributed by atoms with E-state index in [4.69, 9.17) is 4.74 Å². The third-order valence-electron chi connectivity index (χ3n) is 4.27. The number of nitrogens with one attached hydrogen (secondary N) is 1. The Morgan fingerprint density at radius 1 is 1.31 bits per heavy atom. The minimum Gasteiger partial charge on any atom is -0.495 e. The number of anilines is 1. The number of ether oxygens (including phenoxy) is 1. The zero-order chi connectivity index (χ0) is 18.9. The molecule has 1 aliphatic rings. The van der Waals surface area contributed by atoms with Gasteiger partial charge in [-0.2, -0.15) is 0 Å². The number of hydrogen-bond acceptors (Lipinski definition) is 4. The first-order valence-corrected chi connectivity index (χ1v) is 8.79. The van der Waals surface area contributed by atoms with Crippen LogP contribution < -0.4 is 15.0 Å². The minimum absolute atomic E-state index is 0.0180. The molecule has 0 aliphatic carbocycles. The monoisotopic (exact) mass is 359 g/mol. The summed E-state index contributed by atoms with van der Waals surface area (Å²) in [6, 6.07) is 8.06. The summed E-state index contributed by atoms with van der Waals surface area (Å²) in [6.45, 7) is 7.84. The maximum atomic E-state index is 11.8. The van der Waals surface area contributed by atoms with Gasteiger partial charge in [-0.15, -0.1) is 6.58 Å². The van der Waals surface area contributed by atoms with Gasteiger partial charge in [-0.05, 0) is 12.1 Å². The number of carbonyl (C=O) groups excluding carboxylic acids is 1. The molecule has 26 heavy (non-hydrogen) atoms. The molecule has 1 saturated heterocycles. The molecule has 0 atom stereocenters. The number of likely N-dealkylation sites (N-methyl/N-ethyl adjacent to an activating group) is 1. The van der Waals surface area contributed by atoms with Crippen molar-refractivity contribution in [3.63, 3.8) is 0 Å². The van der Waals surface area contributed by atoms with E-state index in [0.29, 0.717) is 6.54 Å². The maximum Gasteiger partial charge on any atom is 0.243 e. The van der Waals surface area contributed by atoms with Crippen LogP contribution >= 0.6 is 0 Å². The number of amides is 1. The fraction of sp³-hybridized carbons (Fsp3) is 0.474. The number of piperazine rings is 1. The fourth-order valence-corrected chi connectivity index (χ4v) is 2.77. The molecule has 0 spiro atoms. The molecule has 0 unspecified atom stereocenters. The number of carbonyl (C=O) groups is 1. The van der Waals surface area contributed by atoms with E-state index < -0.39 is 0 Å². The molecule has 142 valence electrons. The first-order valence-electron chi connectivity index (χ1n) is 8.79. The lowest BCUT2D eigenvalue weighted by atomic mass is 10.2. The van der Waals surface area contributed by atoms with E-state index in [9.17, 15) is 4.79 Å². The predicted octanol–water partition coefficient (Wildman–Crippen LogP) is 1.04. The topological polar surface area (TPSA) is 60.4 Å². The number of hydrogen-bond donors (Lipinski definition) is 1. The lowest BCUT2D eigenvalue weighted by Crippen LogP contribution is -2.53. The summed E-state index contributed by atoms with van der Waals surface area (Å²) in [5.41, 5.74) is 1.11. The van der Waals surface area contributed by atoms with Crippen molar-refractivity contribution in [3.05, 3.63) is 36.9 Å². The largest absolute Gasteiger partial charge is 0.495 e. The molecule has 1 fully saturated rings. The molecule has 1 aromatic rings. The summed E-state index contributed by atoms with van der Waals surface area (Å²) in [7, 11) is 5.17. The van der Waals surface area contributed by atoms with Crippen molar-refractivity contribution in [3.8, 4) is 5.75 Å². The molecule has 2 rings (SSSR count). The van der Waals surface area contributed by atoms with Crippen LogP contribution in [0, 0.1) is 0 Å². The number of benzene rings is 1. The average Bonchev–Trinajstić information content (AvgIpc) is 2.68. The van der Waals surface area contributed by atoms with Crippen LogP contribution in [0.25, 0.3) is 0 Å². The van der Waals surface area contributed by atoms with Gasteiger partial charge in [0.2, 0.25) is 5.91 Å². The smallest absolute Gasteiger partial charge is 0.243 e. The van der Waals surface area contributed by atoms with E-state index in [1.165, 1.54) is 0 Å². The third-order valence-corrected chi connectivity index (χ3v) is 4.27. The lowest BCUT2D eigenvalue weighted by Gasteiger charge is -2.38. The molecular weight excluding hydrogens is 330 g/mol. The third kappa shape index (κ3) is 5.15. The summed E-state index contributed by atoms with van der Waals surface area (Å²) >= 11 is 0. The van der Waals surface area contributed by atoms with Crippen LogP contribution in [0.1, 0.15) is 0 Å². The number of nitrogens with zero attached hydrogens (tertiary/aromatic N) is 4. The van der Waals surface area contributed by atoms with Gasteiger partial charge in [0.25, 0.3) is 0 Å². The van der Waals surface area contributed by atoms with Crippen molar-refractivity contribution in [2.45, 2.75) is 0 Å². The maximum absolute atomic E-state index is 11.8. The average molecular weight is 359 g/mol. The molecule has 0 bridgehead atoms. The molecule has 1 aromatic carbocycles. The summed E-state index contributed by atoms with van der Waals surface area (Å²) in [6.07, 6.45) is 1.79. The van der Waals surface area contributed by atoms with E-state index >= 15 is 0 Å². The second kappa shape index (κ2) is 9.70. The van der Waals surface area contributed by atoms with E-state index in [0.717, 1.165) is 43.6 Å². The van der Waals surface area contributed by atoms with Gasteiger partial charge in [0.15, 0.2) is 5.96 Å². The number of para-hydroxylation sites is 2. The Morgan fingerprint density at radius 2 is 2.00 bits per heavy atom. The molecule has 1 amide bonds. The lowest BCUT2D eigenvalue weighted by molar-refractivity contribution is -0.127. The van der Waals surface area contributed by atoms with Gasteiger partial charge >= 0.3 is 0 Å². The van der Waals surface area contributed by atoms with Gasteiger partial charge in [0, 0.05) is 46.8 Å². The van der Waals surface area contributed by atoms with Gasteiger partial charge in [-0.25, -0.2) is 4.99 Å². The Bertz CT molecular complexity index is 637. The normalized spacial score (nSPS) is 14.8. The van der Waals surface area contributed by atoms with Crippen molar-refractivity contribution in [2.24, 2.45) is 4.99 Å².